The van der Waals surface area contributed by atoms with Gasteiger partial charge in [0.05, 0.1) is 5.92 Å². The van der Waals surface area contributed by atoms with Crippen molar-refractivity contribution in [2.75, 3.05) is 18.0 Å². The topological polar surface area (TPSA) is 60.9 Å². The SMILES string of the molecule is CCN1C(=O)C2(c3ccccc31)C(C(=O)O)CC1CCCN12. The molecule has 0 aromatic heterocycles. The van der Waals surface area contributed by atoms with Crippen molar-refractivity contribution in [3.63, 3.8) is 0 Å². The molecule has 3 heterocycles. The molecule has 0 aliphatic carbocycles. The number of carboxylic acid groups (broad SMARTS) is 1. The van der Waals surface area contributed by atoms with Gasteiger partial charge in [-0.15, -0.1) is 0 Å². The van der Waals surface area contributed by atoms with Crippen LogP contribution in [0.4, 0.5) is 5.69 Å². The highest BCUT2D eigenvalue weighted by Crippen LogP contribution is 2.56. The van der Waals surface area contributed by atoms with Crippen LogP contribution in [-0.2, 0) is 15.1 Å². The number of rotatable bonds is 2. The first-order valence-corrected chi connectivity index (χ1v) is 8.03. The smallest absolute Gasteiger partial charge is 0.309 e. The minimum atomic E-state index is -0.987. The fourth-order valence-corrected chi connectivity index (χ4v) is 4.86. The third kappa shape index (κ3) is 1.42. The molecule has 3 unspecified atom stereocenters. The van der Waals surface area contributed by atoms with Crippen molar-refractivity contribution in [3.05, 3.63) is 29.8 Å². The molecule has 2 fully saturated rings. The Balaban J connectivity index is 1.97. The van der Waals surface area contributed by atoms with Gasteiger partial charge in [0.1, 0.15) is 5.54 Å². The maximum absolute atomic E-state index is 13.3. The Hall–Kier alpha value is -1.88. The first-order chi connectivity index (χ1) is 10.6. The van der Waals surface area contributed by atoms with Crippen molar-refractivity contribution in [2.24, 2.45) is 5.92 Å². The summed E-state index contributed by atoms with van der Waals surface area (Å²) in [6, 6.07) is 7.93. The van der Waals surface area contributed by atoms with E-state index in [-0.39, 0.29) is 11.9 Å². The number of fused-ring (bicyclic) bond motifs is 4. The third-order valence-electron chi connectivity index (χ3n) is 5.63. The molecule has 0 saturated carbocycles. The van der Waals surface area contributed by atoms with Crippen LogP contribution in [0.3, 0.4) is 0 Å². The van der Waals surface area contributed by atoms with Gasteiger partial charge in [0.2, 0.25) is 0 Å². The van der Waals surface area contributed by atoms with E-state index in [1.165, 1.54) is 0 Å². The average molecular weight is 300 g/mol. The number of hydrogen-bond donors (Lipinski definition) is 1. The van der Waals surface area contributed by atoms with E-state index in [4.69, 9.17) is 0 Å². The van der Waals surface area contributed by atoms with Crippen LogP contribution in [0, 0.1) is 5.92 Å². The van der Waals surface area contributed by atoms with Crippen molar-refractivity contribution in [1.29, 1.82) is 0 Å². The molecule has 3 atom stereocenters. The first kappa shape index (κ1) is 13.8. The van der Waals surface area contributed by atoms with Gasteiger partial charge in [-0.1, -0.05) is 18.2 Å². The normalized spacial score (nSPS) is 33.5. The zero-order valence-corrected chi connectivity index (χ0v) is 12.7. The second kappa shape index (κ2) is 4.56. The number of carbonyl (C=O) groups excluding carboxylic acids is 1. The summed E-state index contributed by atoms with van der Waals surface area (Å²) in [6.07, 6.45) is 2.61. The Morgan fingerprint density at radius 1 is 1.41 bits per heavy atom. The Morgan fingerprint density at radius 3 is 2.91 bits per heavy atom. The van der Waals surface area contributed by atoms with Gasteiger partial charge in [-0.3, -0.25) is 14.5 Å². The molecule has 1 aromatic carbocycles. The quantitative estimate of drug-likeness (QED) is 0.905. The van der Waals surface area contributed by atoms with Crippen molar-refractivity contribution in [1.82, 2.24) is 4.90 Å². The van der Waals surface area contributed by atoms with Gasteiger partial charge in [-0.25, -0.2) is 0 Å². The third-order valence-corrected chi connectivity index (χ3v) is 5.63. The minimum Gasteiger partial charge on any atom is -0.481 e. The van der Waals surface area contributed by atoms with Gasteiger partial charge in [0, 0.05) is 23.8 Å². The number of amides is 1. The first-order valence-electron chi connectivity index (χ1n) is 8.03. The lowest BCUT2D eigenvalue weighted by molar-refractivity contribution is -0.150. The molecule has 1 N–H and O–H groups in total. The van der Waals surface area contributed by atoms with Crippen molar-refractivity contribution in [3.8, 4) is 0 Å². The Labute approximate surface area is 129 Å². The number of likely N-dealkylation sites (N-methyl/N-ethyl adjacent to an activating group) is 1. The number of carbonyl (C=O) groups is 2. The lowest BCUT2D eigenvalue weighted by Crippen LogP contribution is -2.54. The second-order valence-corrected chi connectivity index (χ2v) is 6.45. The number of benzene rings is 1. The van der Waals surface area contributed by atoms with E-state index in [0.717, 1.165) is 30.6 Å². The fraction of sp³-hybridized carbons (Fsp3) is 0.529. The molecule has 2 saturated heterocycles. The monoisotopic (exact) mass is 300 g/mol. The van der Waals surface area contributed by atoms with Crippen LogP contribution in [0.2, 0.25) is 0 Å². The molecule has 1 amide bonds. The predicted octanol–water partition coefficient (Wildman–Crippen LogP) is 1.82. The zero-order valence-electron chi connectivity index (χ0n) is 12.7. The van der Waals surface area contributed by atoms with Crippen LogP contribution in [-0.4, -0.2) is 41.0 Å². The molecule has 3 aliphatic rings. The van der Waals surface area contributed by atoms with E-state index in [0.29, 0.717) is 13.0 Å². The standard InChI is InChI=1S/C17H20N2O3/c1-2-18-14-8-4-3-7-12(14)17(16(18)22)13(15(20)21)10-11-6-5-9-19(11)17/h3-4,7-8,11,13H,2,5-6,9-10H2,1H3,(H,20,21). The van der Waals surface area contributed by atoms with Gasteiger partial charge in [0.25, 0.3) is 5.91 Å². The molecule has 0 radical (unpaired) electrons. The molecule has 1 spiro atoms. The summed E-state index contributed by atoms with van der Waals surface area (Å²) in [4.78, 5) is 29.2. The summed E-state index contributed by atoms with van der Waals surface area (Å²) in [5, 5.41) is 9.80. The molecule has 3 aliphatic heterocycles. The van der Waals surface area contributed by atoms with Crippen molar-refractivity contribution < 1.29 is 14.7 Å². The van der Waals surface area contributed by atoms with Gasteiger partial charge in [-0.2, -0.15) is 0 Å². The van der Waals surface area contributed by atoms with E-state index in [1.54, 1.807) is 4.90 Å². The largest absolute Gasteiger partial charge is 0.481 e. The second-order valence-electron chi connectivity index (χ2n) is 6.45. The average Bonchev–Trinajstić information content (AvgIpc) is 3.14. The summed E-state index contributed by atoms with van der Waals surface area (Å²) in [5.74, 6) is -1.55. The van der Waals surface area contributed by atoms with Crippen LogP contribution < -0.4 is 4.90 Å². The lowest BCUT2D eigenvalue weighted by atomic mass is 9.79. The van der Waals surface area contributed by atoms with E-state index in [2.05, 4.69) is 4.90 Å². The van der Waals surface area contributed by atoms with Crippen LogP contribution in [0.15, 0.2) is 24.3 Å². The van der Waals surface area contributed by atoms with Crippen molar-refractivity contribution >= 4 is 17.6 Å². The van der Waals surface area contributed by atoms with Crippen LogP contribution in [0.5, 0.6) is 0 Å². The van der Waals surface area contributed by atoms with Crippen LogP contribution in [0.1, 0.15) is 31.7 Å². The van der Waals surface area contributed by atoms with Gasteiger partial charge >= 0.3 is 5.97 Å². The molecular formula is C17H20N2O3. The van der Waals surface area contributed by atoms with E-state index in [9.17, 15) is 14.7 Å². The molecule has 4 rings (SSSR count). The molecule has 0 bridgehead atoms. The summed E-state index contributed by atoms with van der Waals surface area (Å²) >= 11 is 0. The number of hydrogen-bond acceptors (Lipinski definition) is 3. The number of anilines is 1. The highest BCUT2D eigenvalue weighted by atomic mass is 16.4. The highest BCUT2D eigenvalue weighted by Gasteiger charge is 2.67. The van der Waals surface area contributed by atoms with E-state index >= 15 is 0 Å². The lowest BCUT2D eigenvalue weighted by Gasteiger charge is -2.36. The Bertz CT molecular complexity index is 659. The predicted molar refractivity (Wildman–Crippen MR) is 81.6 cm³/mol. The summed E-state index contributed by atoms with van der Waals surface area (Å²) in [7, 11) is 0. The molecule has 5 nitrogen and oxygen atoms in total. The maximum atomic E-state index is 13.3. The van der Waals surface area contributed by atoms with E-state index < -0.39 is 17.4 Å². The fourth-order valence-electron chi connectivity index (χ4n) is 4.86. The molecule has 5 heteroatoms. The maximum Gasteiger partial charge on any atom is 0.309 e. The molecular weight excluding hydrogens is 280 g/mol. The Kier molecular flexibility index (Phi) is 2.85. The van der Waals surface area contributed by atoms with E-state index in [1.807, 2.05) is 31.2 Å². The van der Waals surface area contributed by atoms with Gasteiger partial charge < -0.3 is 10.0 Å². The minimum absolute atomic E-state index is 0.0481. The molecule has 22 heavy (non-hydrogen) atoms. The summed E-state index contributed by atoms with van der Waals surface area (Å²) < 4.78 is 0. The van der Waals surface area contributed by atoms with Crippen LogP contribution >= 0.6 is 0 Å². The Morgan fingerprint density at radius 2 is 2.18 bits per heavy atom. The zero-order chi connectivity index (χ0) is 15.5. The molecule has 116 valence electrons. The highest BCUT2D eigenvalue weighted by molar-refractivity contribution is 6.10. The number of aliphatic carboxylic acids is 1. The molecule has 1 aromatic rings. The van der Waals surface area contributed by atoms with Gasteiger partial charge in [0.15, 0.2) is 0 Å². The van der Waals surface area contributed by atoms with Crippen LogP contribution in [0.25, 0.3) is 0 Å². The number of nitrogens with zero attached hydrogens (tertiary/aromatic N) is 2. The summed E-state index contributed by atoms with van der Waals surface area (Å²) in [6.45, 7) is 3.33. The van der Waals surface area contributed by atoms with Gasteiger partial charge in [-0.05, 0) is 38.8 Å². The van der Waals surface area contributed by atoms with Crippen molar-refractivity contribution in [2.45, 2.75) is 37.8 Å². The summed E-state index contributed by atoms with van der Waals surface area (Å²) in [5.41, 5.74) is 0.784. The number of para-hydroxylation sites is 1. The number of carboxylic acids is 1.